The standard InChI is InChI=1S/C9H10O/c1-7(2)8-5-3-4-6-9(8)10/h5-7,10H,1-2H3. The topological polar surface area (TPSA) is 20.2 Å². The molecule has 0 amide bonds. The molecule has 0 bridgehead atoms. The summed E-state index contributed by atoms with van der Waals surface area (Å²) in [7, 11) is 0. The molecule has 0 aliphatic carbocycles. The van der Waals surface area contributed by atoms with Gasteiger partial charge >= 0.3 is 0 Å². The lowest BCUT2D eigenvalue weighted by Gasteiger charge is -2.03. The summed E-state index contributed by atoms with van der Waals surface area (Å²) in [6, 6.07) is 8.78. The molecule has 0 aromatic heterocycles. The maximum absolute atomic E-state index is 9.23. The predicted octanol–water partition coefficient (Wildman–Crippen LogP) is 2.12. The summed E-state index contributed by atoms with van der Waals surface area (Å²) >= 11 is 0. The highest BCUT2D eigenvalue weighted by atomic mass is 16.3. The summed E-state index contributed by atoms with van der Waals surface area (Å²) in [6.45, 7) is 4.06. The zero-order valence-corrected chi connectivity index (χ0v) is 6.18. The van der Waals surface area contributed by atoms with E-state index in [1.807, 2.05) is 13.8 Å². The van der Waals surface area contributed by atoms with Gasteiger partial charge in [-0.15, -0.1) is 0 Å². The number of aromatic hydroxyl groups is 1. The molecule has 0 aliphatic heterocycles. The second kappa shape index (κ2) is 2.62. The molecule has 0 spiro atoms. The van der Waals surface area contributed by atoms with Gasteiger partial charge in [0.25, 0.3) is 0 Å². The molecule has 1 aromatic rings. The second-order valence-electron chi connectivity index (χ2n) is 2.57. The van der Waals surface area contributed by atoms with Crippen LogP contribution in [0.5, 0.6) is 5.75 Å². The Kier molecular flexibility index (Phi) is 1.82. The first-order valence-electron chi connectivity index (χ1n) is 3.32. The summed E-state index contributed by atoms with van der Waals surface area (Å²) in [5, 5.41) is 9.23. The minimum atomic E-state index is 0.314. The van der Waals surface area contributed by atoms with Crippen molar-refractivity contribution in [2.45, 2.75) is 19.8 Å². The molecule has 52 valence electrons. The summed E-state index contributed by atoms with van der Waals surface area (Å²) in [4.78, 5) is 0. The van der Waals surface area contributed by atoms with Crippen LogP contribution in [0.1, 0.15) is 25.3 Å². The number of hydrogen-bond donors (Lipinski definition) is 1. The first-order valence-corrected chi connectivity index (χ1v) is 3.32. The van der Waals surface area contributed by atoms with Crippen molar-refractivity contribution in [1.82, 2.24) is 0 Å². The van der Waals surface area contributed by atoms with Gasteiger partial charge in [-0.3, -0.25) is 0 Å². The Labute approximate surface area is 61.3 Å². The molecule has 0 saturated carbocycles. The van der Waals surface area contributed by atoms with Crippen LogP contribution in [-0.2, 0) is 0 Å². The third kappa shape index (κ3) is 1.22. The molecular weight excluding hydrogens is 124 g/mol. The molecule has 1 aromatic carbocycles. The van der Waals surface area contributed by atoms with Crippen molar-refractivity contribution in [2.24, 2.45) is 0 Å². The fourth-order valence-electron chi connectivity index (χ4n) is 0.849. The largest absolute Gasteiger partial charge is 0.507 e. The van der Waals surface area contributed by atoms with E-state index in [4.69, 9.17) is 0 Å². The van der Waals surface area contributed by atoms with E-state index in [1.165, 1.54) is 6.07 Å². The quantitative estimate of drug-likeness (QED) is 0.623. The maximum atomic E-state index is 9.23. The molecule has 0 aliphatic rings. The van der Waals surface area contributed by atoms with Gasteiger partial charge in [-0.25, -0.2) is 0 Å². The zero-order chi connectivity index (χ0) is 7.56. The summed E-state index contributed by atoms with van der Waals surface area (Å²) in [5.74, 6) is 0.666. The Morgan fingerprint density at radius 3 is 2.30 bits per heavy atom. The average Bonchev–Trinajstić information content (AvgIpc) is 1.88. The normalized spacial score (nSPS) is 9.50. The van der Waals surface area contributed by atoms with E-state index < -0.39 is 0 Å². The molecule has 0 saturated heterocycles. The van der Waals surface area contributed by atoms with Gasteiger partial charge in [-0.1, -0.05) is 26.0 Å². The van der Waals surface area contributed by atoms with E-state index >= 15 is 0 Å². The Morgan fingerprint density at radius 2 is 1.90 bits per heavy atom. The van der Waals surface area contributed by atoms with Crippen molar-refractivity contribution in [3.63, 3.8) is 0 Å². The Bertz CT molecular complexity index is 216. The van der Waals surface area contributed by atoms with Gasteiger partial charge in [-0.2, -0.15) is 0 Å². The van der Waals surface area contributed by atoms with Gasteiger partial charge in [-0.05, 0) is 12.0 Å². The van der Waals surface area contributed by atoms with Gasteiger partial charge in [0.2, 0.25) is 0 Å². The number of hydrogen-bond acceptors (Lipinski definition) is 1. The third-order valence-corrected chi connectivity index (χ3v) is 1.44. The monoisotopic (exact) mass is 134 g/mol. The molecule has 0 atom stereocenters. The molecule has 0 fully saturated rings. The lowest BCUT2D eigenvalue weighted by Crippen LogP contribution is -1.85. The highest BCUT2D eigenvalue weighted by Gasteiger charge is 2.01. The van der Waals surface area contributed by atoms with Gasteiger partial charge in [0, 0.05) is 11.6 Å². The average molecular weight is 134 g/mol. The fourth-order valence-corrected chi connectivity index (χ4v) is 0.849. The van der Waals surface area contributed by atoms with Crippen molar-refractivity contribution >= 4 is 0 Å². The smallest absolute Gasteiger partial charge is 0.128 e. The molecule has 0 radical (unpaired) electrons. The Hall–Kier alpha value is -1.16. The zero-order valence-electron chi connectivity index (χ0n) is 6.18. The molecule has 10 heavy (non-hydrogen) atoms. The van der Waals surface area contributed by atoms with Gasteiger partial charge in [0.15, 0.2) is 0 Å². The Morgan fingerprint density at radius 1 is 1.30 bits per heavy atom. The van der Waals surface area contributed by atoms with E-state index in [-0.39, 0.29) is 0 Å². The summed E-state index contributed by atoms with van der Waals surface area (Å²) < 4.78 is 0. The van der Waals surface area contributed by atoms with Gasteiger partial charge in [0.05, 0.1) is 0 Å². The molecule has 1 heteroatoms. The highest BCUT2D eigenvalue weighted by Crippen LogP contribution is 2.22. The van der Waals surface area contributed by atoms with E-state index in [0.717, 1.165) is 5.56 Å². The maximum Gasteiger partial charge on any atom is 0.128 e. The first kappa shape index (κ1) is 6.95. The lowest BCUT2D eigenvalue weighted by atomic mass is 10.0. The highest BCUT2D eigenvalue weighted by molar-refractivity contribution is 5.31. The van der Waals surface area contributed by atoms with Crippen LogP contribution in [-0.4, -0.2) is 5.11 Å². The SMILES string of the molecule is CC(C)c1cc#ccc1O. The van der Waals surface area contributed by atoms with Gasteiger partial charge < -0.3 is 5.11 Å². The van der Waals surface area contributed by atoms with Crippen LogP contribution < -0.4 is 0 Å². The van der Waals surface area contributed by atoms with Crippen LogP contribution in [0.15, 0.2) is 12.1 Å². The van der Waals surface area contributed by atoms with E-state index in [0.29, 0.717) is 11.7 Å². The third-order valence-electron chi connectivity index (χ3n) is 1.44. The van der Waals surface area contributed by atoms with E-state index in [9.17, 15) is 5.11 Å². The minimum absolute atomic E-state index is 0.314. The molecule has 1 rings (SSSR count). The lowest BCUT2D eigenvalue weighted by molar-refractivity contribution is 0.465. The minimum Gasteiger partial charge on any atom is -0.507 e. The van der Waals surface area contributed by atoms with Crippen LogP contribution in [0, 0.1) is 12.1 Å². The molecule has 0 heterocycles. The first-order chi connectivity index (χ1) is 4.72. The predicted molar refractivity (Wildman–Crippen MR) is 39.9 cm³/mol. The van der Waals surface area contributed by atoms with Crippen LogP contribution >= 0.6 is 0 Å². The molecule has 0 unspecified atom stereocenters. The van der Waals surface area contributed by atoms with E-state index in [1.54, 1.807) is 6.07 Å². The van der Waals surface area contributed by atoms with Crippen molar-refractivity contribution in [1.29, 1.82) is 0 Å². The van der Waals surface area contributed by atoms with Crippen molar-refractivity contribution < 1.29 is 5.11 Å². The van der Waals surface area contributed by atoms with Crippen LogP contribution in [0.2, 0.25) is 0 Å². The van der Waals surface area contributed by atoms with Crippen LogP contribution in [0.25, 0.3) is 0 Å². The van der Waals surface area contributed by atoms with E-state index in [2.05, 4.69) is 12.1 Å². The molecular formula is C9H10O. The fraction of sp³-hybridized carbons (Fsp3) is 0.333. The van der Waals surface area contributed by atoms with Gasteiger partial charge in [0.1, 0.15) is 5.75 Å². The molecule has 1 nitrogen and oxygen atoms in total. The second-order valence-corrected chi connectivity index (χ2v) is 2.57. The molecule has 1 N–H and O–H groups in total. The Balaban J connectivity index is 3.03. The van der Waals surface area contributed by atoms with Crippen LogP contribution in [0.3, 0.4) is 0 Å². The summed E-state index contributed by atoms with van der Waals surface area (Å²) in [5.41, 5.74) is 0.929. The number of rotatable bonds is 1. The van der Waals surface area contributed by atoms with Crippen molar-refractivity contribution in [3.05, 3.63) is 29.8 Å². The van der Waals surface area contributed by atoms with Crippen molar-refractivity contribution in [2.75, 3.05) is 0 Å². The summed E-state index contributed by atoms with van der Waals surface area (Å²) in [6.07, 6.45) is 0. The van der Waals surface area contributed by atoms with Crippen LogP contribution in [0.4, 0.5) is 0 Å². The van der Waals surface area contributed by atoms with Crippen molar-refractivity contribution in [3.8, 4) is 5.75 Å².